The van der Waals surface area contributed by atoms with Gasteiger partial charge in [0.25, 0.3) is 0 Å². The van der Waals surface area contributed by atoms with Crippen LogP contribution in [0.25, 0.3) is 21.9 Å². The Labute approximate surface area is 137 Å². The van der Waals surface area contributed by atoms with Crippen molar-refractivity contribution in [3.63, 3.8) is 0 Å². The van der Waals surface area contributed by atoms with Crippen molar-refractivity contribution in [3.8, 4) is 5.75 Å². The Morgan fingerprint density at radius 2 is 1.96 bits per heavy atom. The highest BCUT2D eigenvalue weighted by molar-refractivity contribution is 7.53. The Morgan fingerprint density at radius 3 is 2.71 bits per heavy atom. The summed E-state index contributed by atoms with van der Waals surface area (Å²) >= 11 is 0. The van der Waals surface area contributed by atoms with E-state index in [0.29, 0.717) is 11.2 Å². The molecule has 7 nitrogen and oxygen atoms in total. The van der Waals surface area contributed by atoms with E-state index >= 15 is 0 Å². The lowest BCUT2D eigenvalue weighted by Crippen LogP contribution is -2.34. The molecule has 3 aromatic rings. The molecule has 1 heterocycles. The normalized spacial score (nSPS) is 15.2. The second kappa shape index (κ2) is 6.28. The predicted octanol–water partition coefficient (Wildman–Crippen LogP) is 3.17. The third kappa shape index (κ3) is 3.43. The van der Waals surface area contributed by atoms with Crippen LogP contribution in [-0.2, 0) is 9.36 Å². The van der Waals surface area contributed by atoms with E-state index in [1.807, 2.05) is 24.3 Å². The molecule has 0 aliphatic rings. The molecule has 0 saturated heterocycles. The minimum atomic E-state index is -4.04. The number of aliphatic carboxylic acids is 1. The monoisotopic (exact) mass is 349 g/mol. The highest BCUT2D eigenvalue weighted by atomic mass is 31.2. The van der Waals surface area contributed by atoms with Gasteiger partial charge < -0.3 is 18.9 Å². The predicted molar refractivity (Wildman–Crippen MR) is 89.3 cm³/mol. The highest BCUT2D eigenvalue weighted by Gasteiger charge is 2.24. The molecule has 3 rings (SSSR count). The third-order valence-electron chi connectivity index (χ3n) is 3.57. The maximum Gasteiger partial charge on any atom is 0.390 e. The molecule has 24 heavy (non-hydrogen) atoms. The molecule has 0 spiro atoms. The van der Waals surface area contributed by atoms with Gasteiger partial charge in [0.1, 0.15) is 29.2 Å². The number of benzene rings is 2. The average Bonchev–Trinajstić information content (AvgIpc) is 2.89. The van der Waals surface area contributed by atoms with Gasteiger partial charge in [-0.1, -0.05) is 18.2 Å². The summed E-state index contributed by atoms with van der Waals surface area (Å²) in [6, 6.07) is 11.4. The molecule has 0 fully saturated rings. The van der Waals surface area contributed by atoms with Crippen molar-refractivity contribution >= 4 is 35.5 Å². The summed E-state index contributed by atoms with van der Waals surface area (Å²) in [5.41, 5.74) is 1.26. The number of furan rings is 1. The fraction of sp³-hybridized carbons (Fsp3) is 0.188. The molecule has 2 aromatic carbocycles. The molecule has 8 heteroatoms. The molecular formula is C16H16NO6P. The zero-order chi connectivity index (χ0) is 17.3. The van der Waals surface area contributed by atoms with Crippen LogP contribution in [0.15, 0.2) is 46.9 Å². The van der Waals surface area contributed by atoms with Crippen molar-refractivity contribution in [2.45, 2.75) is 13.0 Å². The van der Waals surface area contributed by atoms with Gasteiger partial charge in [0.2, 0.25) is 0 Å². The zero-order valence-corrected chi connectivity index (χ0v) is 13.7. The first kappa shape index (κ1) is 16.5. The van der Waals surface area contributed by atoms with Crippen LogP contribution in [0.3, 0.4) is 0 Å². The van der Waals surface area contributed by atoms with E-state index < -0.39 is 25.9 Å². The first-order valence-electron chi connectivity index (χ1n) is 7.25. The fourth-order valence-corrected chi connectivity index (χ4v) is 3.31. The van der Waals surface area contributed by atoms with Gasteiger partial charge >= 0.3 is 13.6 Å². The zero-order valence-electron chi connectivity index (χ0n) is 12.8. The SMILES string of the molecule is CC(NCP(=O)(O)Oc1ccc2c(c1)oc1ccccc12)C(=O)O. The number of rotatable bonds is 6. The molecule has 0 saturated carbocycles. The minimum Gasteiger partial charge on any atom is -0.480 e. The molecule has 0 amide bonds. The van der Waals surface area contributed by atoms with Crippen molar-refractivity contribution < 1.29 is 28.3 Å². The van der Waals surface area contributed by atoms with Crippen LogP contribution in [-0.4, -0.2) is 28.3 Å². The van der Waals surface area contributed by atoms with Crippen molar-refractivity contribution in [2.24, 2.45) is 0 Å². The minimum absolute atomic E-state index is 0.178. The molecule has 0 bridgehead atoms. The number of carboxylic acids is 1. The number of para-hydroxylation sites is 1. The Morgan fingerprint density at radius 1 is 1.25 bits per heavy atom. The Kier molecular flexibility index (Phi) is 4.32. The van der Waals surface area contributed by atoms with E-state index in [-0.39, 0.29) is 5.75 Å². The van der Waals surface area contributed by atoms with E-state index in [1.54, 1.807) is 18.2 Å². The number of hydrogen-bond donors (Lipinski definition) is 3. The largest absolute Gasteiger partial charge is 0.480 e. The van der Waals surface area contributed by atoms with E-state index in [0.717, 1.165) is 10.8 Å². The Bertz CT molecular complexity index is 950. The quantitative estimate of drug-likeness (QED) is 0.586. The smallest absolute Gasteiger partial charge is 0.390 e. The van der Waals surface area contributed by atoms with Crippen molar-refractivity contribution in [2.75, 3.05) is 6.29 Å². The van der Waals surface area contributed by atoms with Gasteiger partial charge in [-0.25, -0.2) is 4.57 Å². The second-order valence-corrected chi connectivity index (χ2v) is 7.18. The summed E-state index contributed by atoms with van der Waals surface area (Å²) in [5.74, 6) is -0.934. The maximum absolute atomic E-state index is 12.1. The number of hydrogen-bond acceptors (Lipinski definition) is 5. The van der Waals surface area contributed by atoms with Crippen LogP contribution in [0.1, 0.15) is 6.92 Å². The lowest BCUT2D eigenvalue weighted by atomic mass is 10.1. The van der Waals surface area contributed by atoms with E-state index in [4.69, 9.17) is 14.0 Å². The van der Waals surface area contributed by atoms with Gasteiger partial charge in [0.05, 0.1) is 0 Å². The van der Waals surface area contributed by atoms with Gasteiger partial charge in [0.15, 0.2) is 0 Å². The summed E-state index contributed by atoms with van der Waals surface area (Å²) in [5, 5.41) is 13.0. The van der Waals surface area contributed by atoms with E-state index in [9.17, 15) is 14.3 Å². The van der Waals surface area contributed by atoms with Gasteiger partial charge in [-0.2, -0.15) is 0 Å². The second-order valence-electron chi connectivity index (χ2n) is 5.41. The number of nitrogens with one attached hydrogen (secondary N) is 1. The maximum atomic E-state index is 12.1. The highest BCUT2D eigenvalue weighted by Crippen LogP contribution is 2.42. The van der Waals surface area contributed by atoms with Crippen molar-refractivity contribution in [1.29, 1.82) is 0 Å². The lowest BCUT2D eigenvalue weighted by Gasteiger charge is -2.15. The summed E-state index contributed by atoms with van der Waals surface area (Å²) in [7, 11) is -4.04. The average molecular weight is 349 g/mol. The summed E-state index contributed by atoms with van der Waals surface area (Å²) in [6.45, 7) is 1.38. The molecule has 126 valence electrons. The summed E-state index contributed by atoms with van der Waals surface area (Å²) in [4.78, 5) is 20.6. The van der Waals surface area contributed by atoms with Gasteiger partial charge in [-0.05, 0) is 25.1 Å². The molecule has 0 aliphatic carbocycles. The number of carboxylic acid groups (broad SMARTS) is 1. The molecule has 2 atom stereocenters. The summed E-state index contributed by atoms with van der Waals surface area (Å²) < 4.78 is 22.9. The standard InChI is InChI=1S/C16H16NO6P/c1-10(16(18)19)17-9-24(20,21)23-11-6-7-13-12-4-2-3-5-14(12)22-15(13)8-11/h2-8,10,17H,9H2,1H3,(H,18,19)(H,20,21). The Balaban J connectivity index is 1.80. The molecule has 1 aromatic heterocycles. The van der Waals surface area contributed by atoms with E-state index in [2.05, 4.69) is 5.32 Å². The van der Waals surface area contributed by atoms with Crippen LogP contribution in [0.4, 0.5) is 0 Å². The van der Waals surface area contributed by atoms with Crippen LogP contribution in [0.2, 0.25) is 0 Å². The van der Waals surface area contributed by atoms with Gasteiger partial charge in [-0.3, -0.25) is 10.1 Å². The Hall–Kier alpha value is -2.34. The first-order chi connectivity index (χ1) is 11.4. The summed E-state index contributed by atoms with van der Waals surface area (Å²) in [6.07, 6.45) is -0.474. The lowest BCUT2D eigenvalue weighted by molar-refractivity contribution is -0.138. The van der Waals surface area contributed by atoms with Gasteiger partial charge in [0, 0.05) is 16.8 Å². The van der Waals surface area contributed by atoms with E-state index in [1.165, 1.54) is 6.92 Å². The molecule has 2 unspecified atom stereocenters. The molecule has 0 radical (unpaired) electrons. The fourth-order valence-electron chi connectivity index (χ4n) is 2.30. The van der Waals surface area contributed by atoms with Crippen LogP contribution < -0.4 is 9.84 Å². The topological polar surface area (TPSA) is 109 Å². The van der Waals surface area contributed by atoms with Crippen LogP contribution in [0.5, 0.6) is 5.75 Å². The first-order valence-corrected chi connectivity index (χ1v) is 9.01. The number of carbonyl (C=O) groups is 1. The number of fused-ring (bicyclic) bond motifs is 3. The van der Waals surface area contributed by atoms with Crippen molar-refractivity contribution in [1.82, 2.24) is 5.32 Å². The van der Waals surface area contributed by atoms with Crippen molar-refractivity contribution in [3.05, 3.63) is 42.5 Å². The molecule has 0 aliphatic heterocycles. The molecular weight excluding hydrogens is 333 g/mol. The van der Waals surface area contributed by atoms with Gasteiger partial charge in [-0.15, -0.1) is 0 Å². The van der Waals surface area contributed by atoms with Crippen LogP contribution in [0, 0.1) is 0 Å². The third-order valence-corrected chi connectivity index (χ3v) is 4.64. The molecule has 3 N–H and O–H groups in total. The van der Waals surface area contributed by atoms with Crippen LogP contribution >= 0.6 is 7.60 Å².